The molecule has 0 radical (unpaired) electrons. The molecule has 0 aromatic carbocycles. The third-order valence-corrected chi connectivity index (χ3v) is 6.15. The van der Waals surface area contributed by atoms with E-state index in [-0.39, 0.29) is 0 Å². The van der Waals surface area contributed by atoms with Gasteiger partial charge in [-0.25, -0.2) is 0 Å². The Morgan fingerprint density at radius 2 is 1.19 bits per heavy atom. The van der Waals surface area contributed by atoms with Gasteiger partial charge in [-0.15, -0.1) is 0 Å². The van der Waals surface area contributed by atoms with Crippen molar-refractivity contribution in [2.45, 2.75) is 110 Å². The summed E-state index contributed by atoms with van der Waals surface area (Å²) < 4.78 is 12.7. The number of hydrogen-bond donors (Lipinski definition) is 0. The summed E-state index contributed by atoms with van der Waals surface area (Å²) in [7, 11) is 2.34. The number of ether oxygens (including phenoxy) is 2. The Kier molecular flexibility index (Phi) is 15.5. The predicted octanol–water partition coefficient (Wildman–Crippen LogP) is 6.35. The predicted molar refractivity (Wildman–Crippen MR) is 117 cm³/mol. The Balaban J connectivity index is 1.78. The molecule has 1 rings (SSSR count). The van der Waals surface area contributed by atoms with Gasteiger partial charge in [-0.05, 0) is 13.3 Å². The van der Waals surface area contributed by atoms with E-state index in [2.05, 4.69) is 20.9 Å². The molecule has 1 aliphatic rings. The van der Waals surface area contributed by atoms with Crippen molar-refractivity contribution >= 4 is 0 Å². The number of quaternary nitrogens is 1. The van der Waals surface area contributed by atoms with Crippen molar-refractivity contribution in [3.63, 3.8) is 0 Å². The molecule has 162 valence electrons. The molecule has 1 heterocycles. The van der Waals surface area contributed by atoms with Gasteiger partial charge in [0.15, 0.2) is 0 Å². The van der Waals surface area contributed by atoms with Gasteiger partial charge in [0, 0.05) is 6.61 Å². The first-order valence-electron chi connectivity index (χ1n) is 12.2. The smallest absolute Gasteiger partial charge is 0.105 e. The third-order valence-electron chi connectivity index (χ3n) is 6.15. The Bertz CT molecular complexity index is 316. The minimum atomic E-state index is 0.370. The fourth-order valence-corrected chi connectivity index (χ4v) is 4.22. The molecule has 1 unspecified atom stereocenters. The fourth-order valence-electron chi connectivity index (χ4n) is 4.22. The molecule has 1 atom stereocenters. The molecule has 0 aromatic rings. The van der Waals surface area contributed by atoms with Crippen molar-refractivity contribution in [1.29, 1.82) is 0 Å². The normalized spacial score (nSPS) is 17.9. The lowest BCUT2D eigenvalue weighted by atomic mass is 10.0. The minimum Gasteiger partial charge on any atom is -0.373 e. The second-order valence-electron chi connectivity index (χ2n) is 9.14. The average molecular weight is 385 g/mol. The second-order valence-corrected chi connectivity index (χ2v) is 9.14. The van der Waals surface area contributed by atoms with E-state index in [9.17, 15) is 0 Å². The summed E-state index contributed by atoms with van der Waals surface area (Å²) in [5.41, 5.74) is 0. The third kappa shape index (κ3) is 14.5. The first-order valence-corrected chi connectivity index (χ1v) is 12.2. The summed E-state index contributed by atoms with van der Waals surface area (Å²) in [5.74, 6) is 0. The molecule has 0 spiro atoms. The fraction of sp³-hybridized carbons (Fsp3) is 1.00. The lowest BCUT2D eigenvalue weighted by Crippen LogP contribution is -2.55. The van der Waals surface area contributed by atoms with E-state index in [0.717, 1.165) is 43.9 Å². The van der Waals surface area contributed by atoms with E-state index >= 15 is 0 Å². The van der Waals surface area contributed by atoms with Gasteiger partial charge in [-0.3, -0.25) is 0 Å². The molecular weight excluding hydrogens is 334 g/mol. The van der Waals surface area contributed by atoms with Crippen molar-refractivity contribution in [3.05, 3.63) is 0 Å². The molecule has 1 aliphatic heterocycles. The number of morpholine rings is 1. The van der Waals surface area contributed by atoms with Crippen LogP contribution in [0, 0.1) is 0 Å². The van der Waals surface area contributed by atoms with Gasteiger partial charge in [-0.1, -0.05) is 90.4 Å². The first-order chi connectivity index (χ1) is 13.2. The van der Waals surface area contributed by atoms with Gasteiger partial charge in [0.05, 0.1) is 20.3 Å². The molecule has 0 aromatic heterocycles. The molecule has 1 fully saturated rings. The van der Waals surface area contributed by atoms with Crippen LogP contribution in [0.1, 0.15) is 104 Å². The van der Waals surface area contributed by atoms with Crippen molar-refractivity contribution < 1.29 is 14.0 Å². The van der Waals surface area contributed by atoms with Crippen LogP contribution in [0.4, 0.5) is 0 Å². The number of unbranched alkanes of at least 4 members (excludes halogenated alkanes) is 13. The van der Waals surface area contributed by atoms with Crippen molar-refractivity contribution in [2.75, 3.05) is 46.5 Å². The van der Waals surface area contributed by atoms with Crippen LogP contribution in [0.15, 0.2) is 0 Å². The van der Waals surface area contributed by atoms with E-state index in [1.165, 1.54) is 89.9 Å². The van der Waals surface area contributed by atoms with E-state index in [1.807, 2.05) is 0 Å². The zero-order chi connectivity index (χ0) is 19.6. The average Bonchev–Trinajstić information content (AvgIpc) is 2.65. The number of hydrogen-bond acceptors (Lipinski definition) is 2. The standard InChI is InChI=1S/C24H50NO2/c1-4-5-6-7-8-9-10-11-12-13-14-15-16-17-20-27-24(2)23-25(3)18-21-26-22-19-25/h24H,4-23H2,1-3H3/q+1. The quantitative estimate of drug-likeness (QED) is 0.202. The van der Waals surface area contributed by atoms with Gasteiger partial charge in [0.1, 0.15) is 25.7 Å². The van der Waals surface area contributed by atoms with Crippen LogP contribution >= 0.6 is 0 Å². The summed E-state index contributed by atoms with van der Waals surface area (Å²) in [6.45, 7) is 10.7. The summed E-state index contributed by atoms with van der Waals surface area (Å²) in [4.78, 5) is 0. The van der Waals surface area contributed by atoms with E-state index < -0.39 is 0 Å². The van der Waals surface area contributed by atoms with Gasteiger partial charge in [0.25, 0.3) is 0 Å². The first kappa shape index (κ1) is 24.9. The van der Waals surface area contributed by atoms with Crippen LogP contribution in [0.25, 0.3) is 0 Å². The summed E-state index contributed by atoms with van der Waals surface area (Å²) >= 11 is 0. The van der Waals surface area contributed by atoms with Crippen LogP contribution in [-0.4, -0.2) is 57.1 Å². The lowest BCUT2D eigenvalue weighted by Gasteiger charge is -2.39. The Morgan fingerprint density at radius 3 is 1.67 bits per heavy atom. The Morgan fingerprint density at radius 1 is 0.741 bits per heavy atom. The Hall–Kier alpha value is -0.120. The number of rotatable bonds is 18. The lowest BCUT2D eigenvalue weighted by molar-refractivity contribution is -0.919. The molecule has 0 amide bonds. The van der Waals surface area contributed by atoms with Crippen molar-refractivity contribution in [3.8, 4) is 0 Å². The monoisotopic (exact) mass is 384 g/mol. The number of likely N-dealkylation sites (N-methyl/N-ethyl adjacent to an activating group) is 1. The van der Waals surface area contributed by atoms with Crippen LogP contribution in [0.2, 0.25) is 0 Å². The topological polar surface area (TPSA) is 18.5 Å². The molecule has 27 heavy (non-hydrogen) atoms. The molecule has 0 bridgehead atoms. The molecule has 0 aliphatic carbocycles. The zero-order valence-corrected chi connectivity index (χ0v) is 19.0. The highest BCUT2D eigenvalue weighted by Crippen LogP contribution is 2.14. The summed E-state index contributed by atoms with van der Waals surface area (Å²) in [6, 6.07) is 0. The number of nitrogens with zero attached hydrogens (tertiary/aromatic N) is 1. The van der Waals surface area contributed by atoms with Crippen molar-refractivity contribution in [2.24, 2.45) is 0 Å². The minimum absolute atomic E-state index is 0.370. The van der Waals surface area contributed by atoms with Gasteiger partial charge in [-0.2, -0.15) is 0 Å². The zero-order valence-electron chi connectivity index (χ0n) is 19.0. The van der Waals surface area contributed by atoms with Crippen LogP contribution < -0.4 is 0 Å². The van der Waals surface area contributed by atoms with Crippen molar-refractivity contribution in [1.82, 2.24) is 0 Å². The highest BCUT2D eigenvalue weighted by atomic mass is 16.5. The second kappa shape index (κ2) is 16.8. The van der Waals surface area contributed by atoms with Crippen LogP contribution in [-0.2, 0) is 9.47 Å². The molecular formula is C24H50NO2+. The summed E-state index contributed by atoms with van der Waals surface area (Å²) in [5, 5.41) is 0. The molecule has 0 N–H and O–H groups in total. The SMILES string of the molecule is CCCCCCCCCCCCCCCCOC(C)C[N+]1(C)CCOCC1. The van der Waals surface area contributed by atoms with Crippen LogP contribution in [0.5, 0.6) is 0 Å². The van der Waals surface area contributed by atoms with E-state index in [0.29, 0.717) is 6.10 Å². The maximum Gasteiger partial charge on any atom is 0.105 e. The highest BCUT2D eigenvalue weighted by molar-refractivity contribution is 4.54. The summed E-state index contributed by atoms with van der Waals surface area (Å²) in [6.07, 6.45) is 20.2. The molecule has 3 nitrogen and oxygen atoms in total. The molecule has 1 saturated heterocycles. The van der Waals surface area contributed by atoms with E-state index in [4.69, 9.17) is 9.47 Å². The van der Waals surface area contributed by atoms with Gasteiger partial charge >= 0.3 is 0 Å². The van der Waals surface area contributed by atoms with Gasteiger partial charge in [0.2, 0.25) is 0 Å². The molecule has 3 heteroatoms. The maximum absolute atomic E-state index is 6.06. The molecule has 0 saturated carbocycles. The van der Waals surface area contributed by atoms with Crippen LogP contribution in [0.3, 0.4) is 0 Å². The highest BCUT2D eigenvalue weighted by Gasteiger charge is 2.27. The largest absolute Gasteiger partial charge is 0.373 e. The maximum atomic E-state index is 6.06. The van der Waals surface area contributed by atoms with E-state index in [1.54, 1.807) is 0 Å². The Labute approximate surface area is 170 Å². The van der Waals surface area contributed by atoms with Gasteiger partial charge < -0.3 is 14.0 Å².